The van der Waals surface area contributed by atoms with Gasteiger partial charge in [0.05, 0.1) is 17.9 Å². The van der Waals surface area contributed by atoms with Gasteiger partial charge in [-0.3, -0.25) is 4.90 Å². The molecule has 1 aliphatic heterocycles. The van der Waals surface area contributed by atoms with Gasteiger partial charge in [-0.15, -0.1) is 0 Å². The summed E-state index contributed by atoms with van der Waals surface area (Å²) in [5.74, 6) is -1.18. The number of benzene rings is 3. The first kappa shape index (κ1) is 24.8. The third-order valence-corrected chi connectivity index (χ3v) is 6.04. The summed E-state index contributed by atoms with van der Waals surface area (Å²) >= 11 is 0. The number of hydrogen-bond acceptors (Lipinski definition) is 4. The van der Waals surface area contributed by atoms with E-state index in [-0.39, 0.29) is 26.2 Å². The Bertz CT molecular complexity index is 1210. The number of piperazine rings is 1. The van der Waals surface area contributed by atoms with E-state index in [2.05, 4.69) is 0 Å². The zero-order chi connectivity index (χ0) is 25.7. The predicted molar refractivity (Wildman–Crippen MR) is 136 cm³/mol. The standard InChI is InChI=1S/C28H29N3O5/c1-20-15-21(2)17-24(16-20)31(23-11-7-4-8-12-23)27(34)30-14-13-29(18-25(30)26(32)33)28(35)36-19-22-9-5-3-6-10-22/h3-12,15-17,25H,13-14,18-19H2,1-2H3,(H,32,33)/t25-/m0/s1. The minimum Gasteiger partial charge on any atom is -0.480 e. The number of urea groups is 1. The minimum atomic E-state index is -1.22. The molecule has 186 valence electrons. The van der Waals surface area contributed by atoms with Gasteiger partial charge in [-0.25, -0.2) is 14.4 Å². The molecular formula is C28H29N3O5. The highest BCUT2D eigenvalue weighted by molar-refractivity contribution is 6.01. The first-order valence-corrected chi connectivity index (χ1v) is 11.8. The van der Waals surface area contributed by atoms with Gasteiger partial charge in [-0.2, -0.15) is 0 Å². The highest BCUT2D eigenvalue weighted by Crippen LogP contribution is 2.30. The Kier molecular flexibility index (Phi) is 7.53. The minimum absolute atomic E-state index is 0.0599. The number of ether oxygens (including phenoxy) is 1. The van der Waals surface area contributed by atoms with Crippen LogP contribution in [0, 0.1) is 13.8 Å². The van der Waals surface area contributed by atoms with Crippen LogP contribution in [0.4, 0.5) is 21.0 Å². The van der Waals surface area contributed by atoms with Crippen LogP contribution in [0.1, 0.15) is 16.7 Å². The van der Waals surface area contributed by atoms with Crippen molar-refractivity contribution in [3.63, 3.8) is 0 Å². The summed E-state index contributed by atoms with van der Waals surface area (Å²) in [6.45, 7) is 4.05. The number of carbonyl (C=O) groups excluding carboxylic acids is 2. The second kappa shape index (κ2) is 10.9. The van der Waals surface area contributed by atoms with Crippen LogP contribution in [-0.2, 0) is 16.1 Å². The van der Waals surface area contributed by atoms with E-state index in [1.54, 1.807) is 0 Å². The van der Waals surface area contributed by atoms with Crippen LogP contribution < -0.4 is 4.90 Å². The van der Waals surface area contributed by atoms with Crippen molar-refractivity contribution in [1.29, 1.82) is 0 Å². The second-order valence-corrected chi connectivity index (χ2v) is 8.83. The smallest absolute Gasteiger partial charge is 0.410 e. The third-order valence-electron chi connectivity index (χ3n) is 6.04. The van der Waals surface area contributed by atoms with Crippen molar-refractivity contribution < 1.29 is 24.2 Å². The highest BCUT2D eigenvalue weighted by atomic mass is 16.6. The Labute approximate surface area is 210 Å². The fraction of sp³-hybridized carbons (Fsp3) is 0.250. The van der Waals surface area contributed by atoms with E-state index >= 15 is 0 Å². The molecule has 3 aromatic carbocycles. The molecule has 1 atom stereocenters. The van der Waals surface area contributed by atoms with E-state index in [9.17, 15) is 19.5 Å². The summed E-state index contributed by atoms with van der Waals surface area (Å²) in [4.78, 5) is 43.0. The van der Waals surface area contributed by atoms with Gasteiger partial charge in [0.25, 0.3) is 0 Å². The molecule has 1 heterocycles. The van der Waals surface area contributed by atoms with Crippen molar-refractivity contribution in [1.82, 2.24) is 9.80 Å². The second-order valence-electron chi connectivity index (χ2n) is 8.83. The van der Waals surface area contributed by atoms with Gasteiger partial charge in [-0.05, 0) is 54.8 Å². The van der Waals surface area contributed by atoms with Crippen LogP contribution in [0.25, 0.3) is 0 Å². The molecule has 1 aliphatic rings. The van der Waals surface area contributed by atoms with Gasteiger partial charge in [0, 0.05) is 13.1 Å². The maximum atomic E-state index is 13.9. The molecule has 1 N–H and O–H groups in total. The number of carboxylic acid groups (broad SMARTS) is 1. The Hall–Kier alpha value is -4.33. The molecule has 1 fully saturated rings. The average Bonchev–Trinajstić information content (AvgIpc) is 2.87. The number of aliphatic carboxylic acids is 1. The van der Waals surface area contributed by atoms with Gasteiger partial charge in [-0.1, -0.05) is 54.6 Å². The van der Waals surface area contributed by atoms with Crippen LogP contribution in [0.3, 0.4) is 0 Å². The van der Waals surface area contributed by atoms with Gasteiger partial charge < -0.3 is 19.6 Å². The summed E-state index contributed by atoms with van der Waals surface area (Å²) in [5.41, 5.74) is 4.08. The van der Waals surface area contributed by atoms with Crippen molar-refractivity contribution in [2.75, 3.05) is 24.5 Å². The lowest BCUT2D eigenvalue weighted by atomic mass is 10.1. The van der Waals surface area contributed by atoms with Gasteiger partial charge in [0.1, 0.15) is 12.6 Å². The van der Waals surface area contributed by atoms with Crippen molar-refractivity contribution in [3.05, 3.63) is 95.6 Å². The van der Waals surface area contributed by atoms with Gasteiger partial charge in [0.15, 0.2) is 0 Å². The average molecular weight is 488 g/mol. The Balaban J connectivity index is 1.55. The number of aryl methyl sites for hydroxylation is 2. The molecule has 3 aromatic rings. The normalized spacial score (nSPS) is 15.3. The molecule has 0 spiro atoms. The molecular weight excluding hydrogens is 458 g/mol. The number of carbonyl (C=O) groups is 3. The van der Waals surface area contributed by atoms with Crippen molar-refractivity contribution in [2.24, 2.45) is 0 Å². The molecule has 0 saturated carbocycles. The molecule has 0 aromatic heterocycles. The number of carboxylic acids is 1. The van der Waals surface area contributed by atoms with Crippen molar-refractivity contribution in [2.45, 2.75) is 26.5 Å². The van der Waals surface area contributed by atoms with E-state index in [1.165, 1.54) is 14.7 Å². The van der Waals surface area contributed by atoms with Crippen molar-refractivity contribution in [3.8, 4) is 0 Å². The van der Waals surface area contributed by atoms with Crippen LogP contribution in [0.15, 0.2) is 78.9 Å². The lowest BCUT2D eigenvalue weighted by Crippen LogP contribution is -2.61. The number of hydrogen-bond donors (Lipinski definition) is 1. The molecule has 1 saturated heterocycles. The Morgan fingerprint density at radius 3 is 2.11 bits per heavy atom. The zero-order valence-electron chi connectivity index (χ0n) is 20.3. The summed E-state index contributed by atoms with van der Waals surface area (Å²) in [6, 6.07) is 22.5. The Morgan fingerprint density at radius 1 is 0.889 bits per heavy atom. The molecule has 3 amide bonds. The number of amides is 3. The van der Waals surface area contributed by atoms with Crippen LogP contribution in [-0.4, -0.2) is 58.7 Å². The predicted octanol–water partition coefficient (Wildman–Crippen LogP) is 4.97. The van der Waals surface area contributed by atoms with Crippen molar-refractivity contribution >= 4 is 29.5 Å². The van der Waals surface area contributed by atoms with Gasteiger partial charge >= 0.3 is 18.1 Å². The maximum Gasteiger partial charge on any atom is 0.410 e. The van der Waals surface area contributed by atoms with Crippen LogP contribution >= 0.6 is 0 Å². The first-order valence-electron chi connectivity index (χ1n) is 11.8. The maximum absolute atomic E-state index is 13.9. The molecule has 0 radical (unpaired) electrons. The van der Waals surface area contributed by atoms with Crippen LogP contribution in [0.2, 0.25) is 0 Å². The zero-order valence-corrected chi connectivity index (χ0v) is 20.3. The molecule has 4 rings (SSSR count). The molecule has 36 heavy (non-hydrogen) atoms. The summed E-state index contributed by atoms with van der Waals surface area (Å²) in [5, 5.41) is 9.98. The number of anilines is 2. The summed E-state index contributed by atoms with van der Waals surface area (Å²) in [6.07, 6.45) is -0.605. The number of rotatable bonds is 5. The van der Waals surface area contributed by atoms with E-state index in [4.69, 9.17) is 4.74 Å². The number of nitrogens with zero attached hydrogens (tertiary/aromatic N) is 3. The topological polar surface area (TPSA) is 90.4 Å². The van der Waals surface area contributed by atoms with E-state index in [1.807, 2.05) is 92.7 Å². The molecule has 0 aliphatic carbocycles. The highest BCUT2D eigenvalue weighted by Gasteiger charge is 2.40. The van der Waals surface area contributed by atoms with E-state index < -0.39 is 24.1 Å². The van der Waals surface area contributed by atoms with Gasteiger partial charge in [0.2, 0.25) is 0 Å². The molecule has 0 bridgehead atoms. The van der Waals surface area contributed by atoms with E-state index in [0.717, 1.165) is 16.7 Å². The lowest BCUT2D eigenvalue weighted by Gasteiger charge is -2.41. The third kappa shape index (κ3) is 5.66. The molecule has 0 unspecified atom stereocenters. The SMILES string of the molecule is Cc1cc(C)cc(N(C(=O)N2CCN(C(=O)OCc3ccccc3)C[C@H]2C(=O)O)c2ccccc2)c1. The largest absolute Gasteiger partial charge is 0.480 e. The molecule has 8 nitrogen and oxygen atoms in total. The Morgan fingerprint density at radius 2 is 1.50 bits per heavy atom. The summed E-state index contributed by atoms with van der Waals surface area (Å²) < 4.78 is 5.38. The fourth-order valence-corrected chi connectivity index (χ4v) is 4.35. The number of para-hydroxylation sites is 1. The molecule has 8 heteroatoms. The monoisotopic (exact) mass is 487 g/mol. The lowest BCUT2D eigenvalue weighted by molar-refractivity contribution is -0.143. The van der Waals surface area contributed by atoms with E-state index in [0.29, 0.717) is 11.4 Å². The summed E-state index contributed by atoms with van der Waals surface area (Å²) in [7, 11) is 0. The first-order chi connectivity index (χ1) is 17.3. The fourth-order valence-electron chi connectivity index (χ4n) is 4.35. The quantitative estimate of drug-likeness (QED) is 0.549. The van der Waals surface area contributed by atoms with Crippen LogP contribution in [0.5, 0.6) is 0 Å².